The predicted molar refractivity (Wildman–Crippen MR) is 102 cm³/mol. The van der Waals surface area contributed by atoms with E-state index >= 15 is 0 Å². The summed E-state index contributed by atoms with van der Waals surface area (Å²) in [5.74, 6) is 1.11. The minimum absolute atomic E-state index is 0.209. The van der Waals surface area contributed by atoms with Crippen LogP contribution in [-0.2, 0) is 0 Å². The van der Waals surface area contributed by atoms with Gasteiger partial charge in [0.15, 0.2) is 0 Å². The molecule has 4 fully saturated rings. The summed E-state index contributed by atoms with van der Waals surface area (Å²) < 4.78 is 5.42. The zero-order valence-corrected chi connectivity index (χ0v) is 16.2. The molecule has 6 heteroatoms. The fourth-order valence-electron chi connectivity index (χ4n) is 5.89. The third-order valence-corrected chi connectivity index (χ3v) is 7.58. The number of nitrogens with one attached hydrogen (secondary N) is 1. The lowest BCUT2D eigenvalue weighted by atomic mass is 9.51. The van der Waals surface area contributed by atoms with E-state index in [0.29, 0.717) is 18.3 Å². The summed E-state index contributed by atoms with van der Waals surface area (Å²) in [7, 11) is 0. The van der Waals surface area contributed by atoms with Gasteiger partial charge in [-0.05, 0) is 69.4 Å². The number of rotatable bonds is 4. The fourth-order valence-corrected chi connectivity index (χ4v) is 6.83. The average molecular weight is 385 g/mol. The minimum Gasteiger partial charge on any atom is -0.390 e. The van der Waals surface area contributed by atoms with Crippen LogP contribution >= 0.6 is 11.8 Å². The molecule has 0 saturated heterocycles. The Kier molecular flexibility index (Phi) is 3.92. The largest absolute Gasteiger partial charge is 0.390 e. The highest BCUT2D eigenvalue weighted by molar-refractivity contribution is 7.99. The second-order valence-corrected chi connectivity index (χ2v) is 9.84. The van der Waals surface area contributed by atoms with Gasteiger partial charge < -0.3 is 14.9 Å². The number of benzene rings is 1. The number of aliphatic hydroxyl groups is 1. The van der Waals surface area contributed by atoms with Crippen LogP contribution in [0.2, 0.25) is 0 Å². The van der Waals surface area contributed by atoms with Crippen molar-refractivity contribution in [2.75, 3.05) is 0 Å². The van der Waals surface area contributed by atoms with Crippen LogP contribution in [0, 0.1) is 18.8 Å². The minimum atomic E-state index is -0.601. The van der Waals surface area contributed by atoms with E-state index in [1.54, 1.807) is 0 Å². The molecule has 27 heavy (non-hydrogen) atoms. The number of aryl methyl sites for hydroxylation is 1. The molecule has 0 spiro atoms. The smallest absolute Gasteiger partial charge is 0.291 e. The van der Waals surface area contributed by atoms with Gasteiger partial charge in [-0.2, -0.15) is 0 Å². The molecular formula is C21H24N2O3S. The van der Waals surface area contributed by atoms with E-state index in [-0.39, 0.29) is 17.2 Å². The van der Waals surface area contributed by atoms with Crippen molar-refractivity contribution in [3.05, 3.63) is 41.8 Å². The molecule has 4 bridgehead atoms. The number of carbonyl (C=O) groups is 1. The summed E-state index contributed by atoms with van der Waals surface area (Å²) in [6.07, 6.45) is 5.55. The van der Waals surface area contributed by atoms with Crippen LogP contribution in [0.15, 0.2) is 44.6 Å². The SMILES string of the molecule is Cc1noc(C(=O)NC23CC4CC(CC(O)(C4)C2)C3)c1Sc1ccccc1. The highest BCUT2D eigenvalue weighted by atomic mass is 32.2. The van der Waals surface area contributed by atoms with Crippen LogP contribution < -0.4 is 5.32 Å². The molecule has 2 N–H and O–H groups in total. The summed E-state index contributed by atoms with van der Waals surface area (Å²) in [5, 5.41) is 18.2. The number of amides is 1. The Morgan fingerprint density at radius 1 is 1.22 bits per heavy atom. The molecule has 4 saturated carbocycles. The van der Waals surface area contributed by atoms with Gasteiger partial charge in [0.1, 0.15) is 0 Å². The Morgan fingerprint density at radius 3 is 2.59 bits per heavy atom. The van der Waals surface area contributed by atoms with E-state index in [1.165, 1.54) is 18.2 Å². The van der Waals surface area contributed by atoms with Crippen LogP contribution in [0.3, 0.4) is 0 Å². The summed E-state index contributed by atoms with van der Waals surface area (Å²) in [6.45, 7) is 1.86. The lowest BCUT2D eigenvalue weighted by molar-refractivity contribution is -0.139. The molecular weight excluding hydrogens is 360 g/mol. The van der Waals surface area contributed by atoms with Gasteiger partial charge in [0.2, 0.25) is 5.76 Å². The first-order valence-electron chi connectivity index (χ1n) is 9.68. The van der Waals surface area contributed by atoms with Crippen molar-refractivity contribution >= 4 is 17.7 Å². The second kappa shape index (κ2) is 6.11. The van der Waals surface area contributed by atoms with Gasteiger partial charge in [-0.1, -0.05) is 35.1 Å². The molecule has 2 atom stereocenters. The topological polar surface area (TPSA) is 75.4 Å². The third kappa shape index (κ3) is 3.09. The van der Waals surface area contributed by atoms with E-state index < -0.39 is 5.60 Å². The maximum atomic E-state index is 13.1. The van der Waals surface area contributed by atoms with Crippen LogP contribution in [0.1, 0.15) is 54.8 Å². The standard InChI is InChI=1S/C21H24N2O3S/c1-13-18(27-16-5-3-2-4-6-16)17(26-23-13)19(24)22-20-8-14-7-15(9-20)11-21(25,10-14)12-20/h2-6,14-15,25H,7-12H2,1H3,(H,22,24). The monoisotopic (exact) mass is 384 g/mol. The quantitative estimate of drug-likeness (QED) is 0.835. The Bertz CT molecular complexity index is 865. The maximum Gasteiger partial charge on any atom is 0.291 e. The molecule has 1 amide bonds. The fraction of sp³-hybridized carbons (Fsp3) is 0.524. The number of hydrogen-bond acceptors (Lipinski definition) is 5. The first-order valence-corrected chi connectivity index (χ1v) is 10.5. The zero-order valence-electron chi connectivity index (χ0n) is 15.4. The number of nitrogens with zero attached hydrogens (tertiary/aromatic N) is 1. The summed E-state index contributed by atoms with van der Waals surface area (Å²) in [5.41, 5.74) is -0.181. The summed E-state index contributed by atoms with van der Waals surface area (Å²) >= 11 is 1.50. The molecule has 0 aliphatic heterocycles. The molecule has 2 aromatic rings. The molecule has 1 aromatic heterocycles. The summed E-state index contributed by atoms with van der Waals surface area (Å²) in [4.78, 5) is 14.9. The maximum absolute atomic E-state index is 13.1. The van der Waals surface area contributed by atoms with Gasteiger partial charge in [-0.25, -0.2) is 0 Å². The van der Waals surface area contributed by atoms with Crippen molar-refractivity contribution in [1.29, 1.82) is 0 Å². The molecule has 0 radical (unpaired) electrons. The van der Waals surface area contributed by atoms with Gasteiger partial charge in [0, 0.05) is 10.4 Å². The Labute approximate surface area is 162 Å². The van der Waals surface area contributed by atoms with Crippen molar-refractivity contribution in [1.82, 2.24) is 10.5 Å². The van der Waals surface area contributed by atoms with E-state index in [9.17, 15) is 9.90 Å². The van der Waals surface area contributed by atoms with Crippen LogP contribution in [-0.4, -0.2) is 27.3 Å². The Balaban J connectivity index is 1.39. The molecule has 2 unspecified atom stereocenters. The van der Waals surface area contributed by atoms with Crippen LogP contribution in [0.25, 0.3) is 0 Å². The first kappa shape index (κ1) is 17.3. The third-order valence-electron chi connectivity index (χ3n) is 6.39. The lowest BCUT2D eigenvalue weighted by Crippen LogP contribution is -2.65. The van der Waals surface area contributed by atoms with Crippen molar-refractivity contribution in [3.63, 3.8) is 0 Å². The van der Waals surface area contributed by atoms with Gasteiger partial charge in [-0.15, -0.1) is 0 Å². The highest BCUT2D eigenvalue weighted by Crippen LogP contribution is 2.57. The van der Waals surface area contributed by atoms with Gasteiger partial charge in [0.05, 0.1) is 16.2 Å². The van der Waals surface area contributed by atoms with Crippen molar-refractivity contribution in [2.45, 2.75) is 66.4 Å². The molecule has 6 rings (SSSR count). The lowest BCUT2D eigenvalue weighted by Gasteiger charge is -2.60. The van der Waals surface area contributed by atoms with E-state index in [1.807, 2.05) is 37.3 Å². The van der Waals surface area contributed by atoms with E-state index in [0.717, 1.165) is 41.2 Å². The Morgan fingerprint density at radius 2 is 1.93 bits per heavy atom. The predicted octanol–water partition coefficient (Wildman–Crippen LogP) is 3.95. The summed E-state index contributed by atoms with van der Waals surface area (Å²) in [6, 6.07) is 9.93. The van der Waals surface area contributed by atoms with Gasteiger partial charge in [-0.3, -0.25) is 4.79 Å². The van der Waals surface area contributed by atoms with Crippen molar-refractivity contribution in [2.24, 2.45) is 11.8 Å². The van der Waals surface area contributed by atoms with Crippen LogP contribution in [0.4, 0.5) is 0 Å². The molecule has 1 heterocycles. The number of carbonyl (C=O) groups excluding carboxylic acids is 1. The van der Waals surface area contributed by atoms with E-state index in [4.69, 9.17) is 4.52 Å². The van der Waals surface area contributed by atoms with E-state index in [2.05, 4.69) is 10.5 Å². The second-order valence-electron chi connectivity index (χ2n) is 8.76. The molecule has 5 nitrogen and oxygen atoms in total. The van der Waals surface area contributed by atoms with Crippen LogP contribution in [0.5, 0.6) is 0 Å². The first-order chi connectivity index (χ1) is 12.9. The molecule has 4 aliphatic carbocycles. The Hall–Kier alpha value is -1.79. The zero-order chi connectivity index (χ0) is 18.6. The molecule has 1 aromatic carbocycles. The van der Waals surface area contributed by atoms with Crippen molar-refractivity contribution in [3.8, 4) is 0 Å². The normalized spacial score (nSPS) is 34.0. The number of hydrogen-bond donors (Lipinski definition) is 2. The van der Waals surface area contributed by atoms with Gasteiger partial charge >= 0.3 is 0 Å². The van der Waals surface area contributed by atoms with Crippen molar-refractivity contribution < 1.29 is 14.4 Å². The molecule has 4 aliphatic rings. The molecule has 142 valence electrons. The van der Waals surface area contributed by atoms with Gasteiger partial charge in [0.25, 0.3) is 5.91 Å². The average Bonchev–Trinajstić information content (AvgIpc) is 2.94. The highest BCUT2D eigenvalue weighted by Gasteiger charge is 2.57. The number of aromatic nitrogens is 1.